The number of nitrogens with one attached hydrogen (secondary N) is 2. The Labute approximate surface area is 258 Å². The molecular formula is C34H38ClN5O3. The monoisotopic (exact) mass is 599 g/mol. The number of likely N-dealkylation sites (N-methyl/N-ethyl adjacent to an activating group) is 1. The molecule has 0 aromatic heterocycles. The zero-order chi connectivity index (χ0) is 30.0. The Morgan fingerprint density at radius 3 is 2.35 bits per heavy atom. The smallest absolute Gasteiger partial charge is 0.250 e. The van der Waals surface area contributed by atoms with Gasteiger partial charge in [-0.05, 0) is 67.1 Å². The fourth-order valence-electron chi connectivity index (χ4n) is 6.73. The highest BCUT2D eigenvalue weighted by Crippen LogP contribution is 2.39. The van der Waals surface area contributed by atoms with Crippen LogP contribution in [-0.4, -0.2) is 71.4 Å². The highest BCUT2D eigenvalue weighted by atomic mass is 35.5. The Bertz CT molecular complexity index is 1470. The number of para-hydroxylation sites is 1. The van der Waals surface area contributed by atoms with E-state index in [1.807, 2.05) is 71.3 Å². The molecule has 8 nitrogen and oxygen atoms in total. The van der Waals surface area contributed by atoms with Gasteiger partial charge < -0.3 is 25.3 Å². The zero-order valence-electron chi connectivity index (χ0n) is 24.5. The summed E-state index contributed by atoms with van der Waals surface area (Å²) in [7, 11) is 0. The normalized spacial score (nSPS) is 20.2. The molecule has 3 amide bonds. The van der Waals surface area contributed by atoms with E-state index < -0.39 is 17.6 Å². The summed E-state index contributed by atoms with van der Waals surface area (Å²) < 4.78 is 0. The molecule has 224 valence electrons. The molecule has 3 heterocycles. The van der Waals surface area contributed by atoms with Crippen molar-refractivity contribution < 1.29 is 14.4 Å². The van der Waals surface area contributed by atoms with Gasteiger partial charge in [0.15, 0.2) is 0 Å². The summed E-state index contributed by atoms with van der Waals surface area (Å²) in [6.45, 7) is 4.67. The third kappa shape index (κ3) is 5.86. The average Bonchev–Trinajstić information content (AvgIpc) is 3.32. The fourth-order valence-corrected chi connectivity index (χ4v) is 6.86. The number of piperidine rings is 1. The minimum absolute atomic E-state index is 0.126. The van der Waals surface area contributed by atoms with Gasteiger partial charge in [-0.3, -0.25) is 14.4 Å². The molecule has 3 aliphatic rings. The van der Waals surface area contributed by atoms with Crippen LogP contribution in [-0.2, 0) is 33.8 Å². The summed E-state index contributed by atoms with van der Waals surface area (Å²) in [6, 6.07) is 24.4. The number of benzene rings is 3. The molecule has 3 aromatic carbocycles. The number of amides is 3. The van der Waals surface area contributed by atoms with E-state index in [9.17, 15) is 14.4 Å². The van der Waals surface area contributed by atoms with Crippen LogP contribution >= 0.6 is 11.6 Å². The molecule has 43 heavy (non-hydrogen) atoms. The van der Waals surface area contributed by atoms with Gasteiger partial charge in [-0.2, -0.15) is 0 Å². The van der Waals surface area contributed by atoms with E-state index in [0.717, 1.165) is 16.8 Å². The molecule has 2 saturated heterocycles. The van der Waals surface area contributed by atoms with E-state index in [0.29, 0.717) is 63.6 Å². The minimum Gasteiger partial charge on any atom is -0.343 e. The highest BCUT2D eigenvalue weighted by molar-refractivity contribution is 6.30. The molecule has 2 fully saturated rings. The van der Waals surface area contributed by atoms with E-state index in [4.69, 9.17) is 11.6 Å². The van der Waals surface area contributed by atoms with Crippen molar-refractivity contribution >= 4 is 35.0 Å². The lowest BCUT2D eigenvalue weighted by Gasteiger charge is -2.44. The summed E-state index contributed by atoms with van der Waals surface area (Å²) in [5.41, 5.74) is 3.59. The molecule has 0 bridgehead atoms. The molecule has 3 aromatic rings. The Balaban J connectivity index is 1.19. The maximum Gasteiger partial charge on any atom is 0.250 e. The van der Waals surface area contributed by atoms with Crippen molar-refractivity contribution in [1.82, 2.24) is 20.4 Å². The first-order valence-corrected chi connectivity index (χ1v) is 15.5. The molecule has 3 aliphatic heterocycles. The molecule has 0 radical (unpaired) electrons. The summed E-state index contributed by atoms with van der Waals surface area (Å²) in [5, 5.41) is 7.04. The van der Waals surface area contributed by atoms with Gasteiger partial charge in [0.2, 0.25) is 17.7 Å². The van der Waals surface area contributed by atoms with Crippen LogP contribution in [0.15, 0.2) is 78.9 Å². The van der Waals surface area contributed by atoms with Gasteiger partial charge in [0.05, 0.1) is 12.7 Å². The second-order valence-corrected chi connectivity index (χ2v) is 12.2. The Hall–Kier alpha value is -3.88. The fraction of sp³-hybridized carbons (Fsp3) is 0.382. The molecule has 0 aliphatic carbocycles. The number of rotatable bonds is 7. The van der Waals surface area contributed by atoms with Crippen molar-refractivity contribution in [3.63, 3.8) is 0 Å². The van der Waals surface area contributed by atoms with Crippen LogP contribution < -0.4 is 15.5 Å². The van der Waals surface area contributed by atoms with Crippen LogP contribution in [0.5, 0.6) is 0 Å². The van der Waals surface area contributed by atoms with Crippen LogP contribution in [0.25, 0.3) is 0 Å². The van der Waals surface area contributed by atoms with Crippen molar-refractivity contribution in [3.05, 3.63) is 101 Å². The topological polar surface area (TPSA) is 85.0 Å². The van der Waals surface area contributed by atoms with Crippen molar-refractivity contribution in [2.24, 2.45) is 0 Å². The maximum absolute atomic E-state index is 14.1. The second kappa shape index (κ2) is 12.4. The van der Waals surface area contributed by atoms with Crippen LogP contribution in [0.4, 0.5) is 5.69 Å². The number of nitrogens with zero attached hydrogens (tertiary/aromatic N) is 3. The number of carbonyl (C=O) groups is 3. The number of halogens is 1. The summed E-state index contributed by atoms with van der Waals surface area (Å²) >= 11 is 6.12. The first kappa shape index (κ1) is 29.2. The van der Waals surface area contributed by atoms with Gasteiger partial charge >= 0.3 is 0 Å². The number of anilines is 1. The standard InChI is InChI=1S/C34H38ClN5O3/c1-2-38-23-40(28-10-4-3-5-11-28)34(33(38)43)16-18-39(19-17-34)32(42)30(20-24-12-14-27(35)15-13-24)37-31(41)29-21-25-8-6-7-9-26(25)22-36-29/h3-15,29-30,36H,2,16-23H2,1H3,(H,37,41). The van der Waals surface area contributed by atoms with Crippen LogP contribution in [0.2, 0.25) is 5.02 Å². The van der Waals surface area contributed by atoms with Gasteiger partial charge in [-0.15, -0.1) is 0 Å². The third-order valence-electron chi connectivity index (χ3n) is 9.23. The van der Waals surface area contributed by atoms with Gasteiger partial charge in [-0.1, -0.05) is 66.2 Å². The Morgan fingerprint density at radius 2 is 1.65 bits per heavy atom. The van der Waals surface area contributed by atoms with Crippen molar-refractivity contribution in [2.75, 3.05) is 31.2 Å². The number of hydrogen-bond acceptors (Lipinski definition) is 5. The second-order valence-electron chi connectivity index (χ2n) is 11.7. The number of fused-ring (bicyclic) bond motifs is 1. The lowest BCUT2D eigenvalue weighted by Crippen LogP contribution is -2.60. The molecule has 2 atom stereocenters. The molecule has 1 spiro atoms. The van der Waals surface area contributed by atoms with Crippen molar-refractivity contribution in [3.8, 4) is 0 Å². The van der Waals surface area contributed by atoms with E-state index >= 15 is 0 Å². The quantitative estimate of drug-likeness (QED) is 0.432. The minimum atomic E-state index is -0.738. The predicted octanol–water partition coefficient (Wildman–Crippen LogP) is 3.77. The van der Waals surface area contributed by atoms with Crippen LogP contribution in [0, 0.1) is 0 Å². The maximum atomic E-state index is 14.1. The Morgan fingerprint density at radius 1 is 0.977 bits per heavy atom. The van der Waals surface area contributed by atoms with E-state index in [1.165, 1.54) is 5.56 Å². The summed E-state index contributed by atoms with van der Waals surface area (Å²) in [4.78, 5) is 47.3. The van der Waals surface area contributed by atoms with E-state index in [2.05, 4.69) is 27.7 Å². The Kier molecular flexibility index (Phi) is 8.41. The van der Waals surface area contributed by atoms with Crippen molar-refractivity contribution in [2.45, 2.75) is 56.8 Å². The van der Waals surface area contributed by atoms with E-state index in [-0.39, 0.29) is 17.7 Å². The van der Waals surface area contributed by atoms with Gasteiger partial charge in [0.1, 0.15) is 11.6 Å². The van der Waals surface area contributed by atoms with Crippen molar-refractivity contribution in [1.29, 1.82) is 0 Å². The van der Waals surface area contributed by atoms with Gasteiger partial charge in [0, 0.05) is 43.3 Å². The third-order valence-corrected chi connectivity index (χ3v) is 9.48. The number of likely N-dealkylation sites (tertiary alicyclic amines) is 1. The van der Waals surface area contributed by atoms with Gasteiger partial charge in [0.25, 0.3) is 0 Å². The van der Waals surface area contributed by atoms with Gasteiger partial charge in [-0.25, -0.2) is 0 Å². The molecule has 2 unspecified atom stereocenters. The molecule has 0 saturated carbocycles. The predicted molar refractivity (Wildman–Crippen MR) is 168 cm³/mol. The highest BCUT2D eigenvalue weighted by Gasteiger charge is 2.54. The SMILES string of the molecule is CCN1CN(c2ccccc2)C2(CCN(C(=O)C(Cc3ccc(Cl)cc3)NC(=O)C3Cc4ccccc4CN3)CC2)C1=O. The first-order valence-electron chi connectivity index (χ1n) is 15.1. The van der Waals surface area contributed by atoms with Crippen LogP contribution in [0.3, 0.4) is 0 Å². The summed E-state index contributed by atoms with van der Waals surface area (Å²) in [6.07, 6.45) is 1.99. The molecular weight excluding hydrogens is 562 g/mol. The van der Waals surface area contributed by atoms with E-state index in [1.54, 1.807) is 12.1 Å². The first-order chi connectivity index (χ1) is 20.9. The largest absolute Gasteiger partial charge is 0.343 e. The molecule has 9 heteroatoms. The molecule has 2 N–H and O–H groups in total. The lowest BCUT2D eigenvalue weighted by molar-refractivity contribution is -0.141. The molecule has 6 rings (SSSR count). The number of hydrogen-bond donors (Lipinski definition) is 2. The average molecular weight is 600 g/mol. The number of carbonyl (C=O) groups excluding carboxylic acids is 3. The zero-order valence-corrected chi connectivity index (χ0v) is 25.2. The lowest BCUT2D eigenvalue weighted by atomic mass is 9.85. The summed E-state index contributed by atoms with van der Waals surface area (Å²) in [5.74, 6) is -0.186. The van der Waals surface area contributed by atoms with Crippen LogP contribution in [0.1, 0.15) is 36.5 Å².